The molecule has 0 unspecified atom stereocenters. The molecule has 1 nitrogen and oxygen atoms in total. The molecule has 14 heavy (non-hydrogen) atoms. The minimum absolute atomic E-state index is 1.04. The quantitative estimate of drug-likeness (QED) is 0.718. The molecule has 1 aromatic carbocycles. The van der Waals surface area contributed by atoms with Crippen LogP contribution in [0.4, 0.5) is 0 Å². The van der Waals surface area contributed by atoms with Gasteiger partial charge in [-0.25, -0.2) is 0 Å². The zero-order valence-corrected chi connectivity index (χ0v) is 9.30. The first-order valence-corrected chi connectivity index (χ1v) is 5.13. The highest BCUT2D eigenvalue weighted by atomic mass is 14.8. The molecule has 1 N–H and O–H groups in total. The van der Waals surface area contributed by atoms with Gasteiger partial charge in [-0.2, -0.15) is 0 Å². The Bertz CT molecular complexity index is 313. The Morgan fingerprint density at radius 1 is 1.36 bits per heavy atom. The smallest absolute Gasteiger partial charge is 0.00171 e. The molecule has 0 spiro atoms. The molecular formula is C13H19N. The molecule has 0 amide bonds. The Morgan fingerprint density at radius 2 is 2.07 bits per heavy atom. The van der Waals surface area contributed by atoms with Crippen molar-refractivity contribution in [3.63, 3.8) is 0 Å². The SMILES string of the molecule is CNCCC=C(C)c1ccccc1C. The minimum Gasteiger partial charge on any atom is -0.319 e. The van der Waals surface area contributed by atoms with Crippen LogP contribution < -0.4 is 5.32 Å². The second kappa shape index (κ2) is 5.61. The Hall–Kier alpha value is -1.08. The van der Waals surface area contributed by atoms with Gasteiger partial charge in [0.05, 0.1) is 0 Å². The van der Waals surface area contributed by atoms with Crippen LogP contribution in [0.1, 0.15) is 24.5 Å². The molecule has 0 aromatic heterocycles. The van der Waals surface area contributed by atoms with Crippen molar-refractivity contribution in [3.05, 3.63) is 41.5 Å². The summed E-state index contributed by atoms with van der Waals surface area (Å²) in [6.07, 6.45) is 3.38. The second-order valence-electron chi connectivity index (χ2n) is 3.59. The molecule has 0 aliphatic carbocycles. The first kappa shape index (κ1) is 11.0. The number of rotatable bonds is 4. The summed E-state index contributed by atoms with van der Waals surface area (Å²) in [5.41, 5.74) is 4.09. The number of benzene rings is 1. The van der Waals surface area contributed by atoms with Gasteiger partial charge in [0.2, 0.25) is 0 Å². The van der Waals surface area contributed by atoms with Crippen molar-refractivity contribution in [2.75, 3.05) is 13.6 Å². The van der Waals surface area contributed by atoms with Crippen LogP contribution in [0, 0.1) is 6.92 Å². The van der Waals surface area contributed by atoms with E-state index in [0.29, 0.717) is 0 Å². The van der Waals surface area contributed by atoms with Gasteiger partial charge >= 0.3 is 0 Å². The van der Waals surface area contributed by atoms with Gasteiger partial charge in [0.15, 0.2) is 0 Å². The number of allylic oxidation sites excluding steroid dienone is 1. The average Bonchev–Trinajstić information content (AvgIpc) is 2.18. The normalized spacial score (nSPS) is 11.8. The predicted octanol–water partition coefficient (Wildman–Crippen LogP) is 3.01. The Balaban J connectivity index is 2.73. The molecule has 0 fully saturated rings. The van der Waals surface area contributed by atoms with Crippen molar-refractivity contribution in [1.82, 2.24) is 5.32 Å². The molecular weight excluding hydrogens is 170 g/mol. The lowest BCUT2D eigenvalue weighted by atomic mass is 10.0. The number of nitrogens with one attached hydrogen (secondary N) is 1. The third-order valence-corrected chi connectivity index (χ3v) is 2.41. The molecule has 1 rings (SSSR count). The Kier molecular flexibility index (Phi) is 4.41. The first-order valence-electron chi connectivity index (χ1n) is 5.13. The van der Waals surface area contributed by atoms with E-state index in [1.54, 1.807) is 0 Å². The fourth-order valence-corrected chi connectivity index (χ4v) is 1.56. The summed E-state index contributed by atoms with van der Waals surface area (Å²) < 4.78 is 0. The van der Waals surface area contributed by atoms with Gasteiger partial charge in [-0.15, -0.1) is 0 Å². The van der Waals surface area contributed by atoms with Crippen LogP contribution in [0.5, 0.6) is 0 Å². The van der Waals surface area contributed by atoms with Crippen LogP contribution in [0.3, 0.4) is 0 Å². The summed E-state index contributed by atoms with van der Waals surface area (Å²) in [7, 11) is 1.98. The fraction of sp³-hybridized carbons (Fsp3) is 0.385. The van der Waals surface area contributed by atoms with Gasteiger partial charge in [0.1, 0.15) is 0 Å². The van der Waals surface area contributed by atoms with Crippen molar-refractivity contribution in [2.45, 2.75) is 20.3 Å². The van der Waals surface area contributed by atoms with Crippen LogP contribution >= 0.6 is 0 Å². The Morgan fingerprint density at radius 3 is 2.71 bits per heavy atom. The van der Waals surface area contributed by atoms with Gasteiger partial charge in [-0.1, -0.05) is 30.3 Å². The lowest BCUT2D eigenvalue weighted by Gasteiger charge is -2.05. The first-order chi connectivity index (χ1) is 6.75. The van der Waals surface area contributed by atoms with E-state index in [9.17, 15) is 0 Å². The van der Waals surface area contributed by atoms with Crippen molar-refractivity contribution in [3.8, 4) is 0 Å². The molecule has 0 atom stereocenters. The zero-order valence-electron chi connectivity index (χ0n) is 9.30. The largest absolute Gasteiger partial charge is 0.319 e. The summed E-state index contributed by atoms with van der Waals surface area (Å²) in [6, 6.07) is 8.52. The molecule has 0 bridgehead atoms. The molecule has 0 heterocycles. The maximum Gasteiger partial charge on any atom is -0.00171 e. The van der Waals surface area contributed by atoms with Crippen molar-refractivity contribution in [2.24, 2.45) is 0 Å². The van der Waals surface area contributed by atoms with E-state index in [2.05, 4.69) is 49.5 Å². The van der Waals surface area contributed by atoms with E-state index in [1.807, 2.05) is 7.05 Å². The average molecular weight is 189 g/mol. The molecule has 1 heteroatoms. The van der Waals surface area contributed by atoms with Gasteiger partial charge < -0.3 is 5.32 Å². The van der Waals surface area contributed by atoms with E-state index in [4.69, 9.17) is 0 Å². The van der Waals surface area contributed by atoms with Gasteiger partial charge in [0, 0.05) is 0 Å². The molecule has 0 saturated heterocycles. The summed E-state index contributed by atoms with van der Waals surface area (Å²) in [6.45, 7) is 5.38. The van der Waals surface area contributed by atoms with Gasteiger partial charge in [-0.05, 0) is 50.6 Å². The van der Waals surface area contributed by atoms with Gasteiger partial charge in [-0.3, -0.25) is 0 Å². The third-order valence-electron chi connectivity index (χ3n) is 2.41. The third kappa shape index (κ3) is 3.00. The van der Waals surface area contributed by atoms with Crippen LogP contribution in [0.15, 0.2) is 30.3 Å². The van der Waals surface area contributed by atoms with Crippen LogP contribution in [-0.2, 0) is 0 Å². The number of aryl methyl sites for hydroxylation is 1. The molecule has 0 radical (unpaired) electrons. The molecule has 0 aliphatic heterocycles. The van der Waals surface area contributed by atoms with Crippen molar-refractivity contribution < 1.29 is 0 Å². The lowest BCUT2D eigenvalue weighted by Crippen LogP contribution is -2.06. The van der Waals surface area contributed by atoms with Crippen LogP contribution in [-0.4, -0.2) is 13.6 Å². The summed E-state index contributed by atoms with van der Waals surface area (Å²) in [5.74, 6) is 0. The Labute approximate surface area is 86.8 Å². The highest BCUT2D eigenvalue weighted by molar-refractivity contribution is 5.66. The topological polar surface area (TPSA) is 12.0 Å². The monoisotopic (exact) mass is 189 g/mol. The maximum atomic E-state index is 3.14. The highest BCUT2D eigenvalue weighted by Crippen LogP contribution is 2.17. The standard InChI is InChI=1S/C13H19N/c1-11-7-4-5-9-13(11)12(2)8-6-10-14-3/h4-5,7-9,14H,6,10H2,1-3H3. The van der Waals surface area contributed by atoms with Crippen LogP contribution in [0.2, 0.25) is 0 Å². The van der Waals surface area contributed by atoms with E-state index in [-0.39, 0.29) is 0 Å². The lowest BCUT2D eigenvalue weighted by molar-refractivity contribution is 0.808. The zero-order chi connectivity index (χ0) is 10.4. The summed E-state index contributed by atoms with van der Waals surface area (Å²) in [5, 5.41) is 3.14. The number of hydrogen-bond acceptors (Lipinski definition) is 1. The molecule has 1 aromatic rings. The summed E-state index contributed by atoms with van der Waals surface area (Å²) >= 11 is 0. The van der Waals surface area contributed by atoms with Crippen LogP contribution in [0.25, 0.3) is 5.57 Å². The molecule has 0 saturated carbocycles. The van der Waals surface area contributed by atoms with Crippen molar-refractivity contribution in [1.29, 1.82) is 0 Å². The second-order valence-corrected chi connectivity index (χ2v) is 3.59. The fourth-order valence-electron chi connectivity index (χ4n) is 1.56. The minimum atomic E-state index is 1.04. The van der Waals surface area contributed by atoms with E-state index >= 15 is 0 Å². The molecule has 0 aliphatic rings. The van der Waals surface area contributed by atoms with E-state index < -0.39 is 0 Å². The molecule has 76 valence electrons. The highest BCUT2D eigenvalue weighted by Gasteiger charge is 1.97. The van der Waals surface area contributed by atoms with Gasteiger partial charge in [0.25, 0.3) is 0 Å². The van der Waals surface area contributed by atoms with E-state index in [0.717, 1.165) is 13.0 Å². The van der Waals surface area contributed by atoms with Crippen molar-refractivity contribution >= 4 is 5.57 Å². The predicted molar refractivity (Wildman–Crippen MR) is 63.4 cm³/mol. The summed E-state index contributed by atoms with van der Waals surface area (Å²) in [4.78, 5) is 0. The maximum absolute atomic E-state index is 3.14. The number of hydrogen-bond donors (Lipinski definition) is 1. The van der Waals surface area contributed by atoms with E-state index in [1.165, 1.54) is 16.7 Å².